The molecule has 0 radical (unpaired) electrons. The van der Waals surface area contributed by atoms with Crippen LogP contribution in [0.3, 0.4) is 0 Å². The lowest BCUT2D eigenvalue weighted by atomic mass is 9.87. The second-order valence-corrected chi connectivity index (χ2v) is 6.40. The number of rotatable bonds is 2. The van der Waals surface area contributed by atoms with Crippen LogP contribution in [0.5, 0.6) is 0 Å². The molecule has 1 N–H and O–H groups in total. The number of carboxylic acid groups (broad SMARTS) is 1. The minimum Gasteiger partial charge on any atom is -0.465 e. The fourth-order valence-corrected chi connectivity index (χ4v) is 3.47. The maximum atomic E-state index is 12.5. The molecule has 3 rings (SSSR count). The largest absolute Gasteiger partial charge is 0.465 e. The highest BCUT2D eigenvalue weighted by Gasteiger charge is 2.45. The highest BCUT2D eigenvalue weighted by Crippen LogP contribution is 2.37. The van der Waals surface area contributed by atoms with E-state index in [1.165, 1.54) is 4.90 Å². The first kappa shape index (κ1) is 15.8. The minimum absolute atomic E-state index is 0.000720. The number of ether oxygens (including phenoxy) is 1. The van der Waals surface area contributed by atoms with Crippen molar-refractivity contribution in [3.8, 4) is 0 Å². The molecule has 2 aliphatic rings. The Balaban J connectivity index is 1.61. The molecule has 2 amide bonds. The standard InChI is InChI=1S/C17H22N2O4/c1-18(15(20)13-5-3-2-4-6-13)14-11-17(23-12-14)7-9-19(10-8-17)16(21)22/h2-6,14H,7-12H2,1H3,(H,21,22). The van der Waals surface area contributed by atoms with Gasteiger partial charge in [0.1, 0.15) is 0 Å². The van der Waals surface area contributed by atoms with E-state index in [2.05, 4.69) is 0 Å². The summed E-state index contributed by atoms with van der Waals surface area (Å²) in [5.74, 6) is -0.000720. The van der Waals surface area contributed by atoms with E-state index in [1.54, 1.807) is 4.90 Å². The number of hydrogen-bond acceptors (Lipinski definition) is 3. The van der Waals surface area contributed by atoms with Gasteiger partial charge in [-0.05, 0) is 31.4 Å². The van der Waals surface area contributed by atoms with Gasteiger partial charge in [-0.1, -0.05) is 18.2 Å². The number of carbonyl (C=O) groups is 2. The zero-order chi connectivity index (χ0) is 16.4. The van der Waals surface area contributed by atoms with E-state index in [0.717, 1.165) is 6.42 Å². The second kappa shape index (κ2) is 6.20. The van der Waals surface area contributed by atoms with Crippen molar-refractivity contribution in [2.45, 2.75) is 30.9 Å². The van der Waals surface area contributed by atoms with Crippen LogP contribution in [0.1, 0.15) is 29.6 Å². The number of hydrogen-bond donors (Lipinski definition) is 1. The maximum absolute atomic E-state index is 12.5. The Kier molecular flexibility index (Phi) is 4.26. The average molecular weight is 318 g/mol. The summed E-state index contributed by atoms with van der Waals surface area (Å²) < 4.78 is 6.02. The van der Waals surface area contributed by atoms with Gasteiger partial charge in [-0.25, -0.2) is 4.79 Å². The zero-order valence-electron chi connectivity index (χ0n) is 13.3. The van der Waals surface area contributed by atoms with Crippen molar-refractivity contribution in [1.82, 2.24) is 9.80 Å². The molecule has 6 heteroatoms. The topological polar surface area (TPSA) is 70.1 Å². The fourth-order valence-electron chi connectivity index (χ4n) is 3.47. The van der Waals surface area contributed by atoms with Crippen molar-refractivity contribution < 1.29 is 19.4 Å². The molecule has 23 heavy (non-hydrogen) atoms. The van der Waals surface area contributed by atoms with Crippen molar-refractivity contribution in [2.75, 3.05) is 26.7 Å². The van der Waals surface area contributed by atoms with Crippen molar-refractivity contribution in [1.29, 1.82) is 0 Å². The first-order chi connectivity index (χ1) is 11.0. The molecule has 1 spiro atoms. The van der Waals surface area contributed by atoms with E-state index < -0.39 is 6.09 Å². The molecule has 2 fully saturated rings. The highest BCUT2D eigenvalue weighted by atomic mass is 16.5. The van der Waals surface area contributed by atoms with Crippen LogP contribution in [0.15, 0.2) is 30.3 Å². The highest BCUT2D eigenvalue weighted by molar-refractivity contribution is 5.94. The predicted octanol–water partition coefficient (Wildman–Crippen LogP) is 2.06. The lowest BCUT2D eigenvalue weighted by Crippen LogP contribution is -2.46. The number of nitrogens with zero attached hydrogens (tertiary/aromatic N) is 2. The monoisotopic (exact) mass is 318 g/mol. The van der Waals surface area contributed by atoms with Crippen LogP contribution in [0, 0.1) is 0 Å². The Morgan fingerprint density at radius 1 is 1.26 bits per heavy atom. The Bertz CT molecular complexity index is 582. The first-order valence-corrected chi connectivity index (χ1v) is 7.95. The summed E-state index contributed by atoms with van der Waals surface area (Å²) in [4.78, 5) is 26.7. The van der Waals surface area contributed by atoms with Gasteiger partial charge in [-0.15, -0.1) is 0 Å². The zero-order valence-corrected chi connectivity index (χ0v) is 13.3. The number of piperidine rings is 1. The fraction of sp³-hybridized carbons (Fsp3) is 0.529. The molecular weight excluding hydrogens is 296 g/mol. The SMILES string of the molecule is CN(C(=O)c1ccccc1)C1COC2(CCN(C(=O)O)CC2)C1. The van der Waals surface area contributed by atoms with Gasteiger partial charge in [-0.3, -0.25) is 4.79 Å². The van der Waals surface area contributed by atoms with Crippen molar-refractivity contribution in [3.05, 3.63) is 35.9 Å². The molecule has 1 aromatic carbocycles. The van der Waals surface area contributed by atoms with Crippen LogP contribution in [0.25, 0.3) is 0 Å². The van der Waals surface area contributed by atoms with Crippen molar-refractivity contribution >= 4 is 12.0 Å². The number of likely N-dealkylation sites (tertiary alicyclic amines) is 1. The minimum atomic E-state index is -0.870. The van der Waals surface area contributed by atoms with Gasteiger partial charge in [0, 0.05) is 25.7 Å². The van der Waals surface area contributed by atoms with Crippen LogP contribution in [0.4, 0.5) is 4.79 Å². The van der Waals surface area contributed by atoms with Crippen LogP contribution < -0.4 is 0 Å². The van der Waals surface area contributed by atoms with Gasteiger partial charge in [-0.2, -0.15) is 0 Å². The molecule has 6 nitrogen and oxygen atoms in total. The third kappa shape index (κ3) is 3.17. The average Bonchev–Trinajstić information content (AvgIpc) is 2.98. The van der Waals surface area contributed by atoms with Gasteiger partial charge in [0.15, 0.2) is 0 Å². The third-order valence-electron chi connectivity index (χ3n) is 5.02. The Morgan fingerprint density at radius 3 is 2.52 bits per heavy atom. The maximum Gasteiger partial charge on any atom is 0.407 e. The van der Waals surface area contributed by atoms with E-state index in [0.29, 0.717) is 38.1 Å². The molecule has 0 saturated carbocycles. The Labute approximate surface area is 135 Å². The molecule has 0 aromatic heterocycles. The molecule has 124 valence electrons. The van der Waals surface area contributed by atoms with Gasteiger partial charge in [0.25, 0.3) is 5.91 Å². The number of likely N-dealkylation sites (N-methyl/N-ethyl adjacent to an activating group) is 1. The lowest BCUT2D eigenvalue weighted by molar-refractivity contribution is -0.0398. The van der Waals surface area contributed by atoms with Crippen LogP contribution in [-0.4, -0.2) is 65.3 Å². The third-order valence-corrected chi connectivity index (χ3v) is 5.02. The summed E-state index contributed by atoms with van der Waals surface area (Å²) in [7, 11) is 1.81. The summed E-state index contributed by atoms with van der Waals surface area (Å²) in [5.41, 5.74) is 0.402. The lowest BCUT2D eigenvalue weighted by Gasteiger charge is -2.37. The van der Waals surface area contributed by atoms with E-state index >= 15 is 0 Å². The smallest absolute Gasteiger partial charge is 0.407 e. The predicted molar refractivity (Wildman–Crippen MR) is 84.5 cm³/mol. The van der Waals surface area contributed by atoms with E-state index in [9.17, 15) is 9.59 Å². The molecule has 0 aliphatic carbocycles. The van der Waals surface area contributed by atoms with Crippen molar-refractivity contribution in [2.24, 2.45) is 0 Å². The molecule has 1 unspecified atom stereocenters. The Hall–Kier alpha value is -2.08. The van der Waals surface area contributed by atoms with Crippen LogP contribution in [0.2, 0.25) is 0 Å². The summed E-state index contributed by atoms with van der Waals surface area (Å²) in [6.45, 7) is 1.51. The molecule has 2 saturated heterocycles. The number of benzene rings is 1. The van der Waals surface area contributed by atoms with E-state index in [-0.39, 0.29) is 17.6 Å². The summed E-state index contributed by atoms with van der Waals surface area (Å²) in [6, 6.07) is 9.27. The van der Waals surface area contributed by atoms with Gasteiger partial charge >= 0.3 is 6.09 Å². The molecule has 1 atom stereocenters. The summed E-state index contributed by atoms with van der Waals surface area (Å²) in [5, 5.41) is 9.04. The number of amides is 2. The number of carbonyl (C=O) groups excluding carboxylic acids is 1. The summed E-state index contributed by atoms with van der Waals surface area (Å²) in [6.07, 6.45) is 1.30. The van der Waals surface area contributed by atoms with Gasteiger partial charge < -0.3 is 19.6 Å². The molecule has 2 heterocycles. The molecule has 2 aliphatic heterocycles. The van der Waals surface area contributed by atoms with Crippen LogP contribution in [-0.2, 0) is 4.74 Å². The van der Waals surface area contributed by atoms with Gasteiger partial charge in [0.2, 0.25) is 0 Å². The molecular formula is C17H22N2O4. The van der Waals surface area contributed by atoms with E-state index in [4.69, 9.17) is 9.84 Å². The van der Waals surface area contributed by atoms with Gasteiger partial charge in [0.05, 0.1) is 18.2 Å². The second-order valence-electron chi connectivity index (χ2n) is 6.40. The van der Waals surface area contributed by atoms with Crippen molar-refractivity contribution in [3.63, 3.8) is 0 Å². The normalized spacial score (nSPS) is 23.0. The van der Waals surface area contributed by atoms with Crippen LogP contribution >= 0.6 is 0 Å². The summed E-state index contributed by atoms with van der Waals surface area (Å²) >= 11 is 0. The Morgan fingerprint density at radius 2 is 1.91 bits per heavy atom. The quantitative estimate of drug-likeness (QED) is 0.906. The van der Waals surface area contributed by atoms with E-state index in [1.807, 2.05) is 37.4 Å². The molecule has 1 aromatic rings. The molecule has 0 bridgehead atoms. The first-order valence-electron chi connectivity index (χ1n) is 7.95.